The highest BCUT2D eigenvalue weighted by atomic mass is 28.4. The van der Waals surface area contributed by atoms with Crippen molar-refractivity contribution in [3.63, 3.8) is 0 Å². The van der Waals surface area contributed by atoms with Gasteiger partial charge in [0.2, 0.25) is 0 Å². The van der Waals surface area contributed by atoms with E-state index in [-0.39, 0.29) is 23.5 Å². The Morgan fingerprint density at radius 1 is 1.36 bits per heavy atom. The van der Waals surface area contributed by atoms with Crippen LogP contribution < -0.4 is 0 Å². The van der Waals surface area contributed by atoms with Gasteiger partial charge in [0.1, 0.15) is 6.61 Å². The van der Waals surface area contributed by atoms with Gasteiger partial charge >= 0.3 is 6.09 Å². The van der Waals surface area contributed by atoms with Gasteiger partial charge in [0.15, 0.2) is 14.1 Å². The van der Waals surface area contributed by atoms with Gasteiger partial charge in [-0.05, 0) is 25.1 Å². The predicted molar refractivity (Wildman–Crippen MR) is 89.4 cm³/mol. The molecule has 1 aliphatic rings. The van der Waals surface area contributed by atoms with E-state index in [0.717, 1.165) is 0 Å². The SMILES string of the molecule is C=CCOC(=O)N1C[C@H](O[Si](C)(C)C(C)(C)C)C[C@H]1C(C)=O. The average Bonchev–Trinajstić information content (AvgIpc) is 2.78. The molecule has 0 saturated carbocycles. The van der Waals surface area contributed by atoms with E-state index in [2.05, 4.69) is 40.4 Å². The molecule has 0 N–H and O–H groups in total. The molecule has 5 nitrogen and oxygen atoms in total. The van der Waals surface area contributed by atoms with Crippen molar-refractivity contribution in [1.29, 1.82) is 0 Å². The van der Waals surface area contributed by atoms with Crippen LogP contribution in [0.3, 0.4) is 0 Å². The topological polar surface area (TPSA) is 55.8 Å². The van der Waals surface area contributed by atoms with Gasteiger partial charge in [-0.2, -0.15) is 0 Å². The van der Waals surface area contributed by atoms with Crippen LogP contribution in [0.2, 0.25) is 18.1 Å². The van der Waals surface area contributed by atoms with E-state index in [1.807, 2.05) is 0 Å². The normalized spacial score (nSPS) is 22.5. The third kappa shape index (κ3) is 4.43. The Bertz CT molecular complexity index is 442. The fraction of sp³-hybridized carbons (Fsp3) is 0.750. The monoisotopic (exact) mass is 327 g/mol. The molecule has 2 atom stereocenters. The Morgan fingerprint density at radius 3 is 2.41 bits per heavy atom. The highest BCUT2D eigenvalue weighted by molar-refractivity contribution is 6.74. The molecule has 0 unspecified atom stereocenters. The standard InChI is InChI=1S/C16H29NO4Si/c1-8-9-20-15(19)17-11-13(10-14(17)12(2)18)21-22(6,7)16(3,4)5/h8,13-14H,1,9-11H2,2-7H3/t13-,14+/m1/s1. The van der Waals surface area contributed by atoms with Crippen molar-refractivity contribution >= 4 is 20.2 Å². The summed E-state index contributed by atoms with van der Waals surface area (Å²) < 4.78 is 11.4. The summed E-state index contributed by atoms with van der Waals surface area (Å²) in [5, 5.41) is 0.0927. The van der Waals surface area contributed by atoms with E-state index in [4.69, 9.17) is 9.16 Å². The summed E-state index contributed by atoms with van der Waals surface area (Å²) in [4.78, 5) is 25.4. The number of Topliss-reactive ketones (excluding diaryl/α,β-unsaturated/α-hetero) is 1. The van der Waals surface area contributed by atoms with E-state index >= 15 is 0 Å². The highest BCUT2D eigenvalue weighted by Gasteiger charge is 2.45. The van der Waals surface area contributed by atoms with Crippen LogP contribution in [0.5, 0.6) is 0 Å². The predicted octanol–water partition coefficient (Wildman–Crippen LogP) is 3.36. The molecular formula is C16H29NO4Si. The zero-order valence-electron chi connectivity index (χ0n) is 14.6. The largest absolute Gasteiger partial charge is 0.445 e. The maximum Gasteiger partial charge on any atom is 0.410 e. The number of ketones is 1. The molecule has 1 heterocycles. The van der Waals surface area contributed by atoms with Gasteiger partial charge in [-0.3, -0.25) is 9.69 Å². The second kappa shape index (κ2) is 6.96. The lowest BCUT2D eigenvalue weighted by atomic mass is 10.1. The lowest BCUT2D eigenvalue weighted by molar-refractivity contribution is -0.120. The minimum absolute atomic E-state index is 0.0307. The minimum Gasteiger partial charge on any atom is -0.445 e. The first kappa shape index (κ1) is 18.9. The van der Waals surface area contributed by atoms with Crippen molar-refractivity contribution in [3.05, 3.63) is 12.7 Å². The molecule has 1 rings (SSSR count). The molecule has 1 amide bonds. The maximum absolute atomic E-state index is 12.1. The number of likely N-dealkylation sites (tertiary alicyclic amines) is 1. The van der Waals surface area contributed by atoms with Gasteiger partial charge in [-0.25, -0.2) is 4.79 Å². The van der Waals surface area contributed by atoms with Crippen LogP contribution in [0.1, 0.15) is 34.1 Å². The van der Waals surface area contributed by atoms with Gasteiger partial charge in [0, 0.05) is 13.0 Å². The van der Waals surface area contributed by atoms with Gasteiger partial charge in [0.25, 0.3) is 0 Å². The van der Waals surface area contributed by atoms with Crippen molar-refractivity contribution in [3.8, 4) is 0 Å². The van der Waals surface area contributed by atoms with Crippen LogP contribution in [0.25, 0.3) is 0 Å². The summed E-state index contributed by atoms with van der Waals surface area (Å²) in [6, 6.07) is -0.452. The maximum atomic E-state index is 12.1. The van der Waals surface area contributed by atoms with Crippen molar-refractivity contribution in [2.45, 2.75) is 64.4 Å². The molecule has 0 bridgehead atoms. The van der Waals surface area contributed by atoms with Crippen LogP contribution in [0.15, 0.2) is 12.7 Å². The van der Waals surface area contributed by atoms with Crippen LogP contribution >= 0.6 is 0 Å². The number of hydrogen-bond donors (Lipinski definition) is 0. The van der Waals surface area contributed by atoms with Gasteiger partial charge in [-0.15, -0.1) is 0 Å². The number of amides is 1. The van der Waals surface area contributed by atoms with Gasteiger partial charge in [-0.1, -0.05) is 33.4 Å². The van der Waals surface area contributed by atoms with Crippen molar-refractivity contribution in [2.75, 3.05) is 13.2 Å². The third-order valence-corrected chi connectivity index (χ3v) is 9.09. The quantitative estimate of drug-likeness (QED) is 0.574. The summed E-state index contributed by atoms with van der Waals surface area (Å²) in [6.07, 6.45) is 1.48. The molecule has 0 aliphatic carbocycles. The Kier molecular flexibility index (Phi) is 5.98. The van der Waals surface area contributed by atoms with Crippen LogP contribution in [-0.4, -0.2) is 50.4 Å². The Balaban J connectivity index is 2.80. The number of ether oxygens (including phenoxy) is 1. The second-order valence-corrected chi connectivity index (χ2v) is 12.1. The van der Waals surface area contributed by atoms with Crippen LogP contribution in [-0.2, 0) is 14.0 Å². The Morgan fingerprint density at radius 2 is 1.95 bits per heavy atom. The van der Waals surface area contributed by atoms with Crippen molar-refractivity contribution in [1.82, 2.24) is 4.90 Å². The molecule has 126 valence electrons. The van der Waals surface area contributed by atoms with Gasteiger partial charge in [0.05, 0.1) is 12.1 Å². The summed E-state index contributed by atoms with van der Waals surface area (Å²) in [7, 11) is -1.93. The number of carbonyl (C=O) groups is 2. The number of hydrogen-bond acceptors (Lipinski definition) is 4. The zero-order chi connectivity index (χ0) is 17.1. The van der Waals surface area contributed by atoms with Crippen molar-refractivity contribution < 1.29 is 18.8 Å². The summed E-state index contributed by atoms with van der Waals surface area (Å²) >= 11 is 0. The van der Waals surface area contributed by atoms with E-state index < -0.39 is 20.5 Å². The van der Waals surface area contributed by atoms with E-state index in [0.29, 0.717) is 13.0 Å². The Labute approximate surface area is 134 Å². The fourth-order valence-corrected chi connectivity index (χ4v) is 3.63. The van der Waals surface area contributed by atoms with E-state index in [1.165, 1.54) is 17.9 Å². The molecular weight excluding hydrogens is 298 g/mol. The van der Waals surface area contributed by atoms with E-state index in [9.17, 15) is 9.59 Å². The lowest BCUT2D eigenvalue weighted by Crippen LogP contribution is -2.45. The molecule has 6 heteroatoms. The molecule has 0 radical (unpaired) electrons. The third-order valence-electron chi connectivity index (χ3n) is 4.56. The van der Waals surface area contributed by atoms with Crippen LogP contribution in [0.4, 0.5) is 4.79 Å². The number of rotatable bonds is 5. The summed E-state index contributed by atoms with van der Waals surface area (Å²) in [5.41, 5.74) is 0. The van der Waals surface area contributed by atoms with Crippen LogP contribution in [0, 0.1) is 0 Å². The first-order valence-corrected chi connectivity index (χ1v) is 10.6. The molecule has 1 fully saturated rings. The highest BCUT2D eigenvalue weighted by Crippen LogP contribution is 2.39. The number of nitrogens with zero attached hydrogens (tertiary/aromatic N) is 1. The molecule has 1 saturated heterocycles. The molecule has 1 aliphatic heterocycles. The first-order chi connectivity index (χ1) is 9.99. The molecule has 0 aromatic carbocycles. The fourth-order valence-electron chi connectivity index (χ4n) is 2.28. The first-order valence-electron chi connectivity index (χ1n) is 7.72. The smallest absolute Gasteiger partial charge is 0.410 e. The molecule has 0 spiro atoms. The van der Waals surface area contributed by atoms with Crippen molar-refractivity contribution in [2.24, 2.45) is 0 Å². The molecule has 0 aromatic heterocycles. The molecule has 0 aromatic rings. The lowest BCUT2D eigenvalue weighted by Gasteiger charge is -2.38. The average molecular weight is 327 g/mol. The number of carbonyl (C=O) groups excluding carboxylic acids is 2. The molecule has 22 heavy (non-hydrogen) atoms. The Hall–Kier alpha value is -1.14. The van der Waals surface area contributed by atoms with Gasteiger partial charge < -0.3 is 9.16 Å². The summed E-state index contributed by atoms with van der Waals surface area (Å²) in [5.74, 6) is -0.0307. The van der Waals surface area contributed by atoms with E-state index in [1.54, 1.807) is 0 Å². The minimum atomic E-state index is -1.93. The zero-order valence-corrected chi connectivity index (χ0v) is 15.6. The summed E-state index contributed by atoms with van der Waals surface area (Å²) in [6.45, 7) is 16.5. The second-order valence-electron chi connectivity index (χ2n) is 7.38.